The van der Waals surface area contributed by atoms with E-state index in [1.807, 2.05) is 25.3 Å². The lowest BCUT2D eigenvalue weighted by Gasteiger charge is -2.16. The van der Waals surface area contributed by atoms with E-state index in [-0.39, 0.29) is 12.1 Å². The normalized spacial score (nSPS) is 23.7. The average Bonchev–Trinajstić information content (AvgIpc) is 2.94. The van der Waals surface area contributed by atoms with Crippen LogP contribution in [0.2, 0.25) is 0 Å². The summed E-state index contributed by atoms with van der Waals surface area (Å²) in [5.74, 6) is 0.649. The zero-order chi connectivity index (χ0) is 12.5. The second kappa shape index (κ2) is 4.55. The maximum Gasteiger partial charge on any atom is 0.243 e. The zero-order valence-electron chi connectivity index (χ0n) is 10.6. The van der Waals surface area contributed by atoms with Crippen LogP contribution in [-0.4, -0.2) is 46.9 Å². The fourth-order valence-corrected chi connectivity index (χ4v) is 2.26. The van der Waals surface area contributed by atoms with Crippen molar-refractivity contribution in [3.8, 4) is 0 Å². The number of pyridine rings is 1. The standard InChI is InChI=1S/C12H17N5O/c1-8-3-4-17-11(5-8)15-12(16-17)14-9-6-13-7-10(9)18-2/h3-5,9-10,13H,6-7H2,1-2H3,(H,14,16)/t9?,10-/m0/s1. The van der Waals surface area contributed by atoms with Gasteiger partial charge in [-0.15, -0.1) is 5.10 Å². The van der Waals surface area contributed by atoms with Gasteiger partial charge in [0.1, 0.15) is 0 Å². The predicted octanol–water partition coefficient (Wildman–Crippen LogP) is 0.436. The van der Waals surface area contributed by atoms with Gasteiger partial charge in [0.15, 0.2) is 5.65 Å². The Bertz CT molecular complexity index is 552. The number of hydrogen-bond donors (Lipinski definition) is 2. The lowest BCUT2D eigenvalue weighted by molar-refractivity contribution is 0.111. The van der Waals surface area contributed by atoms with Crippen molar-refractivity contribution in [2.24, 2.45) is 0 Å². The summed E-state index contributed by atoms with van der Waals surface area (Å²) in [7, 11) is 1.73. The third-order valence-electron chi connectivity index (χ3n) is 3.27. The van der Waals surface area contributed by atoms with Gasteiger partial charge in [-0.2, -0.15) is 4.98 Å². The molecule has 2 N–H and O–H groups in total. The van der Waals surface area contributed by atoms with Crippen molar-refractivity contribution in [3.63, 3.8) is 0 Å². The van der Waals surface area contributed by atoms with Crippen LogP contribution in [0.25, 0.3) is 5.65 Å². The van der Waals surface area contributed by atoms with E-state index < -0.39 is 0 Å². The van der Waals surface area contributed by atoms with Crippen LogP contribution < -0.4 is 10.6 Å². The first kappa shape index (κ1) is 11.4. The summed E-state index contributed by atoms with van der Waals surface area (Å²) in [6.07, 6.45) is 2.09. The van der Waals surface area contributed by atoms with Crippen LogP contribution in [0.4, 0.5) is 5.95 Å². The molecule has 1 aliphatic heterocycles. The van der Waals surface area contributed by atoms with Gasteiger partial charge in [-0.3, -0.25) is 0 Å². The molecule has 3 rings (SSSR count). The second-order valence-electron chi connectivity index (χ2n) is 4.63. The number of ether oxygens (including phenoxy) is 1. The molecule has 1 unspecified atom stereocenters. The monoisotopic (exact) mass is 247 g/mol. The highest BCUT2D eigenvalue weighted by molar-refractivity contribution is 5.45. The molecule has 0 spiro atoms. The Morgan fingerprint density at radius 3 is 3.22 bits per heavy atom. The maximum atomic E-state index is 5.40. The highest BCUT2D eigenvalue weighted by Crippen LogP contribution is 2.12. The third kappa shape index (κ3) is 2.04. The van der Waals surface area contributed by atoms with Crippen LogP contribution in [0.1, 0.15) is 5.56 Å². The van der Waals surface area contributed by atoms with Gasteiger partial charge in [-0.05, 0) is 24.6 Å². The Labute approximate surface area is 105 Å². The smallest absolute Gasteiger partial charge is 0.243 e. The first-order valence-electron chi connectivity index (χ1n) is 6.09. The zero-order valence-corrected chi connectivity index (χ0v) is 10.6. The minimum absolute atomic E-state index is 0.165. The van der Waals surface area contributed by atoms with E-state index >= 15 is 0 Å². The average molecular weight is 247 g/mol. The number of aromatic nitrogens is 3. The topological polar surface area (TPSA) is 63.5 Å². The molecule has 0 saturated carbocycles. The number of rotatable bonds is 3. The number of nitrogens with one attached hydrogen (secondary N) is 2. The highest BCUT2D eigenvalue weighted by atomic mass is 16.5. The molecule has 6 nitrogen and oxygen atoms in total. The van der Waals surface area contributed by atoms with Gasteiger partial charge < -0.3 is 15.4 Å². The summed E-state index contributed by atoms with van der Waals surface area (Å²) in [4.78, 5) is 4.46. The van der Waals surface area contributed by atoms with Gasteiger partial charge >= 0.3 is 0 Å². The number of methoxy groups -OCH3 is 1. The van der Waals surface area contributed by atoms with Crippen molar-refractivity contribution in [3.05, 3.63) is 23.9 Å². The summed E-state index contributed by atoms with van der Waals surface area (Å²) in [5, 5.41) is 11.0. The summed E-state index contributed by atoms with van der Waals surface area (Å²) in [6.45, 7) is 3.78. The Kier molecular flexibility index (Phi) is 2.89. The molecular formula is C12H17N5O. The fourth-order valence-electron chi connectivity index (χ4n) is 2.26. The molecule has 2 aromatic rings. The van der Waals surface area contributed by atoms with Crippen LogP contribution in [0.15, 0.2) is 18.3 Å². The van der Waals surface area contributed by atoms with E-state index in [0.717, 1.165) is 18.7 Å². The van der Waals surface area contributed by atoms with Gasteiger partial charge in [0.25, 0.3) is 0 Å². The second-order valence-corrected chi connectivity index (χ2v) is 4.63. The van der Waals surface area contributed by atoms with E-state index in [2.05, 4.69) is 20.7 Å². The molecule has 0 aliphatic carbocycles. The Balaban J connectivity index is 1.82. The summed E-state index contributed by atoms with van der Waals surface area (Å²) >= 11 is 0. The van der Waals surface area contributed by atoms with E-state index in [0.29, 0.717) is 5.95 Å². The van der Waals surface area contributed by atoms with Crippen molar-refractivity contribution in [1.29, 1.82) is 0 Å². The maximum absolute atomic E-state index is 5.40. The lowest BCUT2D eigenvalue weighted by Crippen LogP contribution is -2.33. The van der Waals surface area contributed by atoms with Gasteiger partial charge in [-0.1, -0.05) is 0 Å². The molecule has 96 valence electrons. The van der Waals surface area contributed by atoms with Crippen molar-refractivity contribution >= 4 is 11.6 Å². The van der Waals surface area contributed by atoms with Crippen LogP contribution in [0.5, 0.6) is 0 Å². The minimum atomic E-state index is 0.165. The molecule has 0 amide bonds. The van der Waals surface area contributed by atoms with Gasteiger partial charge in [0, 0.05) is 26.4 Å². The molecule has 0 aromatic carbocycles. The van der Waals surface area contributed by atoms with E-state index in [1.54, 1.807) is 11.6 Å². The molecule has 6 heteroatoms. The molecule has 18 heavy (non-hydrogen) atoms. The lowest BCUT2D eigenvalue weighted by atomic mass is 10.2. The van der Waals surface area contributed by atoms with Gasteiger partial charge in [0.05, 0.1) is 12.1 Å². The van der Waals surface area contributed by atoms with Crippen molar-refractivity contribution in [1.82, 2.24) is 19.9 Å². The minimum Gasteiger partial charge on any atom is -0.378 e. The molecule has 0 radical (unpaired) electrons. The molecule has 3 heterocycles. The highest BCUT2D eigenvalue weighted by Gasteiger charge is 2.27. The molecule has 1 fully saturated rings. The van der Waals surface area contributed by atoms with E-state index in [4.69, 9.17) is 4.74 Å². The Morgan fingerprint density at radius 2 is 2.39 bits per heavy atom. The molecule has 1 saturated heterocycles. The Hall–Kier alpha value is -1.66. The number of hydrogen-bond acceptors (Lipinski definition) is 5. The number of aryl methyl sites for hydroxylation is 1. The van der Waals surface area contributed by atoms with Crippen LogP contribution in [0, 0.1) is 6.92 Å². The van der Waals surface area contributed by atoms with Crippen molar-refractivity contribution < 1.29 is 4.74 Å². The third-order valence-corrected chi connectivity index (χ3v) is 3.27. The number of anilines is 1. The molecule has 1 aliphatic rings. The van der Waals surface area contributed by atoms with Gasteiger partial charge in [-0.25, -0.2) is 4.52 Å². The first-order valence-corrected chi connectivity index (χ1v) is 6.09. The Morgan fingerprint density at radius 1 is 1.50 bits per heavy atom. The SMILES string of the molecule is CO[C@H]1CNCC1Nc1nc2cc(C)ccn2n1. The molecule has 2 atom stereocenters. The van der Waals surface area contributed by atoms with E-state index in [1.165, 1.54) is 5.56 Å². The predicted molar refractivity (Wildman–Crippen MR) is 68.8 cm³/mol. The molecular weight excluding hydrogens is 230 g/mol. The first-order chi connectivity index (χ1) is 8.76. The van der Waals surface area contributed by atoms with Crippen molar-refractivity contribution in [2.75, 3.05) is 25.5 Å². The summed E-state index contributed by atoms with van der Waals surface area (Å²) in [5.41, 5.74) is 2.04. The fraction of sp³-hybridized carbons (Fsp3) is 0.500. The molecule has 0 bridgehead atoms. The van der Waals surface area contributed by atoms with Crippen LogP contribution >= 0.6 is 0 Å². The largest absolute Gasteiger partial charge is 0.378 e. The van der Waals surface area contributed by atoms with Crippen molar-refractivity contribution in [2.45, 2.75) is 19.1 Å². The molecule has 2 aromatic heterocycles. The van der Waals surface area contributed by atoms with Gasteiger partial charge in [0.2, 0.25) is 5.95 Å². The number of fused-ring (bicyclic) bond motifs is 1. The quantitative estimate of drug-likeness (QED) is 0.824. The van der Waals surface area contributed by atoms with Crippen LogP contribution in [-0.2, 0) is 4.74 Å². The summed E-state index contributed by atoms with van der Waals surface area (Å²) in [6, 6.07) is 4.24. The summed E-state index contributed by atoms with van der Waals surface area (Å²) < 4.78 is 7.18. The number of nitrogens with zero attached hydrogens (tertiary/aromatic N) is 3. The van der Waals surface area contributed by atoms with E-state index in [9.17, 15) is 0 Å². The van der Waals surface area contributed by atoms with Crippen LogP contribution in [0.3, 0.4) is 0 Å².